The third-order valence-corrected chi connectivity index (χ3v) is 8.24. The fraction of sp³-hybridized carbons (Fsp3) is 0.433. The van der Waals surface area contributed by atoms with Crippen molar-refractivity contribution < 1.29 is 27.6 Å². The van der Waals surface area contributed by atoms with E-state index in [0.717, 1.165) is 49.4 Å². The van der Waals surface area contributed by atoms with Crippen molar-refractivity contribution in [2.45, 2.75) is 43.7 Å². The molecule has 0 unspecified atom stereocenters. The molecular formula is C30H32F2N4O4. The predicted octanol–water partition coefficient (Wildman–Crippen LogP) is 4.26. The summed E-state index contributed by atoms with van der Waals surface area (Å²) >= 11 is 0. The van der Waals surface area contributed by atoms with E-state index in [9.17, 15) is 18.4 Å². The van der Waals surface area contributed by atoms with Crippen LogP contribution < -0.4 is 15.4 Å². The molecule has 2 N–H and O–H groups in total. The largest absolute Gasteiger partial charge is 0.496 e. The monoisotopic (exact) mass is 550 g/mol. The van der Waals surface area contributed by atoms with Gasteiger partial charge in [-0.25, -0.2) is 8.78 Å². The Balaban J connectivity index is 1.19. The maximum atomic E-state index is 14.2. The average Bonchev–Trinajstić information content (AvgIpc) is 3.87. The Labute approximate surface area is 231 Å². The number of nitrogens with one attached hydrogen (secondary N) is 2. The first-order valence-corrected chi connectivity index (χ1v) is 13.8. The van der Waals surface area contributed by atoms with Gasteiger partial charge in [-0.15, -0.1) is 0 Å². The first kappa shape index (κ1) is 26.4. The Morgan fingerprint density at radius 1 is 1.12 bits per heavy atom. The number of aromatic nitrogens is 1. The second-order valence-electron chi connectivity index (χ2n) is 11.2. The number of para-hydroxylation sites is 1. The van der Waals surface area contributed by atoms with Gasteiger partial charge in [-0.1, -0.05) is 23.4 Å². The van der Waals surface area contributed by atoms with Crippen molar-refractivity contribution in [2.75, 3.05) is 26.7 Å². The number of rotatable bonds is 9. The van der Waals surface area contributed by atoms with Gasteiger partial charge in [-0.2, -0.15) is 0 Å². The second kappa shape index (κ2) is 10.6. The van der Waals surface area contributed by atoms with E-state index in [0.29, 0.717) is 18.9 Å². The average molecular weight is 551 g/mol. The number of halogens is 2. The highest BCUT2D eigenvalue weighted by molar-refractivity contribution is 5.94. The van der Waals surface area contributed by atoms with Crippen LogP contribution in [-0.4, -0.2) is 54.7 Å². The summed E-state index contributed by atoms with van der Waals surface area (Å²) in [6.45, 7) is 2.27. The Hall–Kier alpha value is -3.79. The van der Waals surface area contributed by atoms with Crippen molar-refractivity contribution in [3.8, 4) is 17.1 Å². The Kier molecular flexibility index (Phi) is 7.04. The number of ether oxygens (including phenoxy) is 1. The van der Waals surface area contributed by atoms with Crippen molar-refractivity contribution in [3.63, 3.8) is 0 Å². The van der Waals surface area contributed by atoms with Crippen molar-refractivity contribution in [3.05, 3.63) is 71.4 Å². The minimum absolute atomic E-state index is 0.00431. The van der Waals surface area contributed by atoms with Crippen LogP contribution in [0.3, 0.4) is 0 Å². The topological polar surface area (TPSA) is 96.7 Å². The zero-order chi connectivity index (χ0) is 27.9. The summed E-state index contributed by atoms with van der Waals surface area (Å²) in [5.41, 5.74) is 0.452. The number of amides is 2. The lowest BCUT2D eigenvalue weighted by Gasteiger charge is -2.38. The molecule has 210 valence electrons. The van der Waals surface area contributed by atoms with Gasteiger partial charge < -0.3 is 24.8 Å². The number of carbonyl (C=O) groups excluding carboxylic acids is 2. The van der Waals surface area contributed by atoms with E-state index in [4.69, 9.17) is 9.26 Å². The van der Waals surface area contributed by atoms with E-state index in [1.807, 2.05) is 24.3 Å². The molecule has 2 aromatic carbocycles. The zero-order valence-corrected chi connectivity index (χ0v) is 22.3. The van der Waals surface area contributed by atoms with Gasteiger partial charge >= 0.3 is 0 Å². The lowest BCUT2D eigenvalue weighted by Crippen LogP contribution is -2.57. The van der Waals surface area contributed by atoms with Crippen LogP contribution in [0.15, 0.2) is 53.1 Å². The van der Waals surface area contributed by atoms with Crippen LogP contribution in [0.5, 0.6) is 5.75 Å². The van der Waals surface area contributed by atoms with Gasteiger partial charge in [-0.3, -0.25) is 9.59 Å². The van der Waals surface area contributed by atoms with Crippen LogP contribution in [0, 0.1) is 23.5 Å². The molecule has 2 atom stereocenters. The smallest absolute Gasteiger partial charge is 0.273 e. The number of nitrogens with zero attached hydrogens (tertiary/aromatic N) is 2. The van der Waals surface area contributed by atoms with Crippen LogP contribution in [-0.2, 0) is 10.3 Å². The van der Waals surface area contributed by atoms with E-state index in [2.05, 4.69) is 20.7 Å². The molecule has 3 fully saturated rings. The summed E-state index contributed by atoms with van der Waals surface area (Å²) in [6.07, 6.45) is 4.67. The van der Waals surface area contributed by atoms with Crippen LogP contribution in [0.25, 0.3) is 11.3 Å². The van der Waals surface area contributed by atoms with Crippen LogP contribution in [0.1, 0.15) is 48.2 Å². The molecule has 8 nitrogen and oxygen atoms in total. The number of benzene rings is 2. The molecule has 1 aliphatic heterocycles. The molecule has 2 saturated carbocycles. The van der Waals surface area contributed by atoms with Gasteiger partial charge in [0, 0.05) is 43.4 Å². The number of hydrogen-bond donors (Lipinski definition) is 2. The number of methoxy groups -OCH3 is 1. The minimum Gasteiger partial charge on any atom is -0.496 e. The molecule has 0 radical (unpaired) electrons. The highest BCUT2D eigenvalue weighted by Gasteiger charge is 2.49. The fourth-order valence-electron chi connectivity index (χ4n) is 5.69. The summed E-state index contributed by atoms with van der Waals surface area (Å²) < 4.78 is 38.3. The number of piperidine rings is 1. The van der Waals surface area contributed by atoms with Gasteiger partial charge in [0.2, 0.25) is 5.91 Å². The Morgan fingerprint density at radius 2 is 1.93 bits per heavy atom. The standard InChI is InChI=1S/C30H32F2N4O4/c1-39-26-5-3-2-4-22(26)30(11-12-30)34-28(37)21-17-36(16-18-6-7-18)13-10-24(21)33-29(38)25-15-27(40-35-25)20-9-8-19(31)14-23(20)32/h2-5,8-9,14-15,18,21,24H,6-7,10-13,16-17H2,1H3,(H,33,38)(H,34,37)/t21-,24-/m0/s1. The molecule has 3 aromatic rings. The number of likely N-dealkylation sites (tertiary alicyclic amines) is 1. The van der Waals surface area contributed by atoms with Crippen molar-refractivity contribution >= 4 is 11.8 Å². The van der Waals surface area contributed by atoms with Gasteiger partial charge in [0.15, 0.2) is 11.5 Å². The summed E-state index contributed by atoms with van der Waals surface area (Å²) in [5.74, 6) is -1.18. The molecule has 6 rings (SSSR count). The van der Waals surface area contributed by atoms with E-state index < -0.39 is 35.0 Å². The molecule has 0 bridgehead atoms. The number of hydrogen-bond acceptors (Lipinski definition) is 6. The zero-order valence-electron chi connectivity index (χ0n) is 22.3. The van der Waals surface area contributed by atoms with Crippen molar-refractivity contribution in [2.24, 2.45) is 11.8 Å². The highest BCUT2D eigenvalue weighted by Crippen LogP contribution is 2.49. The second-order valence-corrected chi connectivity index (χ2v) is 11.2. The highest BCUT2D eigenvalue weighted by atomic mass is 19.1. The minimum atomic E-state index is -0.813. The molecule has 1 aromatic heterocycles. The fourth-order valence-corrected chi connectivity index (χ4v) is 5.69. The van der Waals surface area contributed by atoms with Gasteiger partial charge in [0.25, 0.3) is 5.91 Å². The predicted molar refractivity (Wildman–Crippen MR) is 142 cm³/mol. The maximum Gasteiger partial charge on any atom is 0.273 e. The lowest BCUT2D eigenvalue weighted by molar-refractivity contribution is -0.128. The first-order chi connectivity index (χ1) is 19.3. The van der Waals surface area contributed by atoms with E-state index in [1.54, 1.807) is 7.11 Å². The van der Waals surface area contributed by atoms with Gasteiger partial charge in [0.05, 0.1) is 24.1 Å². The van der Waals surface area contributed by atoms with Gasteiger partial charge in [0.1, 0.15) is 17.4 Å². The quantitative estimate of drug-likeness (QED) is 0.413. The summed E-state index contributed by atoms with van der Waals surface area (Å²) in [4.78, 5) is 29.3. The molecular weight excluding hydrogens is 518 g/mol. The van der Waals surface area contributed by atoms with Crippen molar-refractivity contribution in [1.82, 2.24) is 20.7 Å². The summed E-state index contributed by atoms with van der Waals surface area (Å²) in [7, 11) is 1.62. The lowest BCUT2D eigenvalue weighted by atomic mass is 9.89. The molecule has 40 heavy (non-hydrogen) atoms. The van der Waals surface area contributed by atoms with Crippen LogP contribution in [0.2, 0.25) is 0 Å². The third kappa shape index (κ3) is 5.45. The maximum absolute atomic E-state index is 14.2. The van der Waals surface area contributed by atoms with E-state index in [1.165, 1.54) is 25.0 Å². The van der Waals surface area contributed by atoms with Crippen molar-refractivity contribution in [1.29, 1.82) is 0 Å². The summed E-state index contributed by atoms with van der Waals surface area (Å²) in [5, 5.41) is 10.1. The third-order valence-electron chi connectivity index (χ3n) is 8.24. The SMILES string of the molecule is COc1ccccc1C1(NC(=O)[C@H]2CN(CC3CC3)CC[C@@H]2NC(=O)c2cc(-c3ccc(F)cc3F)on2)CC1. The molecule has 3 aliphatic rings. The first-order valence-electron chi connectivity index (χ1n) is 13.8. The van der Waals surface area contributed by atoms with Crippen LogP contribution >= 0.6 is 0 Å². The summed E-state index contributed by atoms with van der Waals surface area (Å²) in [6, 6.07) is 11.7. The molecule has 2 aliphatic carbocycles. The van der Waals surface area contributed by atoms with E-state index >= 15 is 0 Å². The Bertz CT molecular complexity index is 1420. The molecule has 2 heterocycles. The van der Waals surface area contributed by atoms with Gasteiger partial charge in [-0.05, 0) is 56.2 Å². The Morgan fingerprint density at radius 3 is 2.65 bits per heavy atom. The number of carbonyl (C=O) groups is 2. The molecule has 0 spiro atoms. The van der Waals surface area contributed by atoms with Crippen LogP contribution in [0.4, 0.5) is 8.78 Å². The molecule has 1 saturated heterocycles. The van der Waals surface area contributed by atoms with E-state index in [-0.39, 0.29) is 22.9 Å². The molecule has 2 amide bonds. The normalized spacial score (nSPS) is 22.0. The molecule has 10 heteroatoms.